The third-order valence-corrected chi connectivity index (χ3v) is 3.17. The van der Waals surface area contributed by atoms with Gasteiger partial charge in [-0.25, -0.2) is 4.98 Å². The first-order chi connectivity index (χ1) is 10.0. The fourth-order valence-corrected chi connectivity index (χ4v) is 1.92. The van der Waals surface area contributed by atoms with Crippen LogP contribution in [-0.4, -0.2) is 17.0 Å². The van der Waals surface area contributed by atoms with Gasteiger partial charge in [-0.05, 0) is 29.7 Å². The van der Waals surface area contributed by atoms with E-state index in [0.717, 1.165) is 5.69 Å². The monoisotopic (exact) mass is 286 g/mol. The van der Waals surface area contributed by atoms with Gasteiger partial charge in [0, 0.05) is 18.8 Å². The van der Waals surface area contributed by atoms with Crippen molar-refractivity contribution in [1.29, 1.82) is 0 Å². The van der Waals surface area contributed by atoms with Gasteiger partial charge < -0.3 is 10.6 Å². The Morgan fingerprint density at radius 3 is 2.33 bits per heavy atom. The highest BCUT2D eigenvalue weighted by Crippen LogP contribution is 2.27. The van der Waals surface area contributed by atoms with E-state index in [2.05, 4.69) is 29.5 Å². The topological polar surface area (TPSA) is 80.1 Å². The number of nitro groups is 1. The minimum Gasteiger partial charge on any atom is -0.373 e. The number of benzene rings is 1. The molecule has 0 radical (unpaired) electrons. The van der Waals surface area contributed by atoms with Crippen molar-refractivity contribution in [3.05, 3.63) is 52.1 Å². The Kier molecular flexibility index (Phi) is 4.37. The lowest BCUT2D eigenvalue weighted by Crippen LogP contribution is -2.02. The maximum atomic E-state index is 11.1. The molecule has 110 valence electrons. The van der Waals surface area contributed by atoms with Gasteiger partial charge in [-0.15, -0.1) is 0 Å². The van der Waals surface area contributed by atoms with Gasteiger partial charge in [0.15, 0.2) is 0 Å². The van der Waals surface area contributed by atoms with Crippen molar-refractivity contribution in [3.8, 4) is 0 Å². The van der Waals surface area contributed by atoms with E-state index in [-0.39, 0.29) is 11.5 Å². The van der Waals surface area contributed by atoms with Crippen LogP contribution in [0.15, 0.2) is 36.4 Å². The second kappa shape index (κ2) is 6.21. The maximum Gasteiger partial charge on any atom is 0.311 e. The SMILES string of the molecule is CNc1ccc([N+](=O)[O-])c(Nc2ccc(C(C)C)cc2)n1. The smallest absolute Gasteiger partial charge is 0.311 e. The molecule has 0 saturated carbocycles. The van der Waals surface area contributed by atoms with Crippen LogP contribution in [0.25, 0.3) is 0 Å². The predicted octanol–water partition coefficient (Wildman–Crippen LogP) is 3.90. The second-order valence-electron chi connectivity index (χ2n) is 4.97. The number of nitrogens with one attached hydrogen (secondary N) is 2. The van der Waals surface area contributed by atoms with E-state index in [0.29, 0.717) is 11.7 Å². The minimum absolute atomic E-state index is 0.0538. The molecule has 0 unspecified atom stereocenters. The highest BCUT2D eigenvalue weighted by molar-refractivity contribution is 5.67. The Bertz CT molecular complexity index is 639. The Hall–Kier alpha value is -2.63. The second-order valence-corrected chi connectivity index (χ2v) is 4.97. The fourth-order valence-electron chi connectivity index (χ4n) is 1.92. The van der Waals surface area contributed by atoms with E-state index < -0.39 is 4.92 Å². The summed E-state index contributed by atoms with van der Waals surface area (Å²) in [5.41, 5.74) is 1.93. The zero-order chi connectivity index (χ0) is 15.4. The highest BCUT2D eigenvalue weighted by atomic mass is 16.6. The largest absolute Gasteiger partial charge is 0.373 e. The molecule has 0 fully saturated rings. The van der Waals surface area contributed by atoms with Crippen molar-refractivity contribution >= 4 is 23.0 Å². The molecule has 6 heteroatoms. The molecule has 2 aromatic rings. The van der Waals surface area contributed by atoms with Gasteiger partial charge in [-0.3, -0.25) is 10.1 Å². The quantitative estimate of drug-likeness (QED) is 0.643. The summed E-state index contributed by atoms with van der Waals surface area (Å²) in [6, 6.07) is 10.8. The first kappa shape index (κ1) is 14.8. The van der Waals surface area contributed by atoms with Gasteiger partial charge in [0.2, 0.25) is 5.82 Å². The van der Waals surface area contributed by atoms with Crippen LogP contribution in [0.2, 0.25) is 0 Å². The van der Waals surface area contributed by atoms with E-state index in [4.69, 9.17) is 0 Å². The summed E-state index contributed by atoms with van der Waals surface area (Å²) >= 11 is 0. The number of hydrogen-bond acceptors (Lipinski definition) is 5. The van der Waals surface area contributed by atoms with E-state index >= 15 is 0 Å². The van der Waals surface area contributed by atoms with E-state index in [9.17, 15) is 10.1 Å². The van der Waals surface area contributed by atoms with Crippen molar-refractivity contribution in [2.45, 2.75) is 19.8 Å². The lowest BCUT2D eigenvalue weighted by Gasteiger charge is -2.10. The first-order valence-corrected chi connectivity index (χ1v) is 6.71. The summed E-state index contributed by atoms with van der Waals surface area (Å²) < 4.78 is 0. The molecule has 0 atom stereocenters. The van der Waals surface area contributed by atoms with Crippen LogP contribution < -0.4 is 10.6 Å². The van der Waals surface area contributed by atoms with Crippen molar-refractivity contribution in [3.63, 3.8) is 0 Å². The van der Waals surface area contributed by atoms with Gasteiger partial charge >= 0.3 is 5.69 Å². The van der Waals surface area contributed by atoms with E-state index in [1.54, 1.807) is 13.1 Å². The van der Waals surface area contributed by atoms with Crippen LogP contribution in [0.4, 0.5) is 23.0 Å². The average molecular weight is 286 g/mol. The molecule has 1 aromatic carbocycles. The van der Waals surface area contributed by atoms with Crippen LogP contribution in [0.3, 0.4) is 0 Å². The van der Waals surface area contributed by atoms with Gasteiger partial charge in [0.1, 0.15) is 5.82 Å². The molecule has 0 aliphatic rings. The molecular weight excluding hydrogens is 268 g/mol. The summed E-state index contributed by atoms with van der Waals surface area (Å²) in [6.45, 7) is 4.23. The molecule has 1 heterocycles. The van der Waals surface area contributed by atoms with E-state index in [1.807, 2.05) is 24.3 Å². The molecular formula is C15H18N4O2. The summed E-state index contributed by atoms with van der Waals surface area (Å²) in [5, 5.41) is 16.9. The molecule has 6 nitrogen and oxygen atoms in total. The average Bonchev–Trinajstić information content (AvgIpc) is 2.47. The maximum absolute atomic E-state index is 11.1. The van der Waals surface area contributed by atoms with Crippen molar-refractivity contribution in [2.24, 2.45) is 0 Å². The number of anilines is 3. The summed E-state index contributed by atoms with van der Waals surface area (Å²) in [6.07, 6.45) is 0. The molecule has 0 amide bonds. The third kappa shape index (κ3) is 3.47. The fraction of sp³-hybridized carbons (Fsp3) is 0.267. The Labute approximate surface area is 123 Å². The minimum atomic E-state index is -0.447. The Balaban J connectivity index is 2.31. The van der Waals surface area contributed by atoms with Crippen LogP contribution in [-0.2, 0) is 0 Å². The lowest BCUT2D eigenvalue weighted by molar-refractivity contribution is -0.384. The molecule has 0 saturated heterocycles. The molecule has 0 spiro atoms. The van der Waals surface area contributed by atoms with Gasteiger partial charge in [-0.2, -0.15) is 0 Å². The Morgan fingerprint density at radius 2 is 1.81 bits per heavy atom. The third-order valence-electron chi connectivity index (χ3n) is 3.17. The molecule has 1 aromatic heterocycles. The van der Waals surface area contributed by atoms with Crippen LogP contribution in [0.1, 0.15) is 25.3 Å². The molecule has 0 aliphatic carbocycles. The Morgan fingerprint density at radius 1 is 1.14 bits per heavy atom. The molecule has 2 N–H and O–H groups in total. The number of aromatic nitrogens is 1. The number of nitrogens with zero attached hydrogens (tertiary/aromatic N) is 2. The summed E-state index contributed by atoms with van der Waals surface area (Å²) in [5.74, 6) is 1.24. The van der Waals surface area contributed by atoms with Crippen LogP contribution in [0.5, 0.6) is 0 Å². The number of hydrogen-bond donors (Lipinski definition) is 2. The highest BCUT2D eigenvalue weighted by Gasteiger charge is 2.16. The molecule has 21 heavy (non-hydrogen) atoms. The van der Waals surface area contributed by atoms with Gasteiger partial charge in [-0.1, -0.05) is 26.0 Å². The first-order valence-electron chi connectivity index (χ1n) is 6.71. The van der Waals surface area contributed by atoms with Crippen LogP contribution >= 0.6 is 0 Å². The number of rotatable bonds is 5. The molecule has 0 bridgehead atoms. The van der Waals surface area contributed by atoms with E-state index in [1.165, 1.54) is 11.6 Å². The summed E-state index contributed by atoms with van der Waals surface area (Å²) in [7, 11) is 1.72. The standard InChI is InChI=1S/C15H18N4O2/c1-10(2)11-4-6-12(7-5-11)17-15-13(19(20)21)8-9-14(16-3)18-15/h4-10H,1-3H3,(H2,16,17,18). The van der Waals surface area contributed by atoms with Crippen molar-refractivity contribution in [2.75, 3.05) is 17.7 Å². The summed E-state index contributed by atoms with van der Waals surface area (Å²) in [4.78, 5) is 14.8. The normalized spacial score (nSPS) is 10.5. The van der Waals surface area contributed by atoms with Gasteiger partial charge in [0.25, 0.3) is 0 Å². The van der Waals surface area contributed by atoms with Gasteiger partial charge in [0.05, 0.1) is 4.92 Å². The molecule has 0 aliphatic heterocycles. The zero-order valence-corrected chi connectivity index (χ0v) is 12.3. The van der Waals surface area contributed by atoms with Crippen LogP contribution in [0, 0.1) is 10.1 Å². The predicted molar refractivity (Wildman–Crippen MR) is 84.3 cm³/mol. The van der Waals surface area contributed by atoms with Crippen molar-refractivity contribution in [1.82, 2.24) is 4.98 Å². The molecule has 2 rings (SSSR count). The lowest BCUT2D eigenvalue weighted by atomic mass is 10.0. The zero-order valence-electron chi connectivity index (χ0n) is 12.3. The number of pyridine rings is 1. The van der Waals surface area contributed by atoms with Crippen molar-refractivity contribution < 1.29 is 4.92 Å².